The summed E-state index contributed by atoms with van der Waals surface area (Å²) in [5, 5.41) is 0. The zero-order valence-electron chi connectivity index (χ0n) is 19.2. The summed E-state index contributed by atoms with van der Waals surface area (Å²) in [5.41, 5.74) is 9.79. The summed E-state index contributed by atoms with van der Waals surface area (Å²) in [7, 11) is 0. The number of hydrogen-bond acceptors (Lipinski definition) is 0. The standard InChI is InChI=1S/C30H42/c1-2-11-22(10-1)27-20-21-28(23-14-9-15-23)30(25-16-5-6-17-25,26-18-7-8-19-26)29(27)24-12-3-4-13-24/h10,12,16,23,26,28H,1-9,11,13-15,17-21H2. The molecule has 0 heteroatoms. The van der Waals surface area contributed by atoms with Gasteiger partial charge in [0.1, 0.15) is 0 Å². The molecule has 30 heavy (non-hydrogen) atoms. The zero-order valence-corrected chi connectivity index (χ0v) is 19.2. The van der Waals surface area contributed by atoms with Gasteiger partial charge in [0.2, 0.25) is 0 Å². The highest BCUT2D eigenvalue weighted by atomic mass is 14.6. The first-order valence-electron chi connectivity index (χ1n) is 13.7. The van der Waals surface area contributed by atoms with Gasteiger partial charge in [0.25, 0.3) is 0 Å². The Morgan fingerprint density at radius 3 is 1.90 bits per heavy atom. The average Bonchev–Trinajstić information content (AvgIpc) is 3.55. The highest BCUT2D eigenvalue weighted by molar-refractivity contribution is 5.56. The minimum atomic E-state index is 0.422. The Kier molecular flexibility index (Phi) is 5.33. The predicted molar refractivity (Wildman–Crippen MR) is 127 cm³/mol. The van der Waals surface area contributed by atoms with E-state index in [4.69, 9.17) is 0 Å². The molecule has 0 saturated heterocycles. The van der Waals surface area contributed by atoms with Crippen molar-refractivity contribution in [2.75, 3.05) is 0 Å². The van der Waals surface area contributed by atoms with Crippen molar-refractivity contribution in [1.29, 1.82) is 0 Å². The maximum atomic E-state index is 2.77. The SMILES string of the molecule is C1=C(C2=C(C3=CCCC3)C(C3=CCCC3)(C3CCCC3)C(C3CCC3)CC2)CCC1. The Balaban J connectivity index is 1.60. The minimum absolute atomic E-state index is 0.422. The first-order valence-corrected chi connectivity index (χ1v) is 13.7. The van der Waals surface area contributed by atoms with Gasteiger partial charge in [0, 0.05) is 5.41 Å². The average molecular weight is 403 g/mol. The predicted octanol–water partition coefficient (Wildman–Crippen LogP) is 9.00. The summed E-state index contributed by atoms with van der Waals surface area (Å²) in [4.78, 5) is 0. The molecule has 0 bridgehead atoms. The van der Waals surface area contributed by atoms with Crippen molar-refractivity contribution in [3.8, 4) is 0 Å². The Morgan fingerprint density at radius 1 is 0.600 bits per heavy atom. The fourth-order valence-electron chi connectivity index (χ4n) is 8.76. The molecule has 0 radical (unpaired) electrons. The van der Waals surface area contributed by atoms with Gasteiger partial charge >= 0.3 is 0 Å². The number of allylic oxidation sites excluding steroid dienone is 8. The van der Waals surface area contributed by atoms with Gasteiger partial charge < -0.3 is 0 Å². The minimum Gasteiger partial charge on any atom is -0.0844 e. The van der Waals surface area contributed by atoms with E-state index in [1.165, 1.54) is 116 Å². The molecule has 0 aromatic heterocycles. The molecule has 6 aliphatic carbocycles. The largest absolute Gasteiger partial charge is 0.0844 e. The second-order valence-electron chi connectivity index (χ2n) is 11.4. The molecule has 2 unspecified atom stereocenters. The van der Waals surface area contributed by atoms with E-state index in [-0.39, 0.29) is 0 Å². The summed E-state index contributed by atoms with van der Waals surface area (Å²) >= 11 is 0. The van der Waals surface area contributed by atoms with E-state index in [1.54, 1.807) is 5.57 Å². The van der Waals surface area contributed by atoms with Crippen LogP contribution in [-0.4, -0.2) is 0 Å². The maximum absolute atomic E-state index is 2.77. The van der Waals surface area contributed by atoms with Crippen LogP contribution >= 0.6 is 0 Å². The van der Waals surface area contributed by atoms with Crippen molar-refractivity contribution in [3.05, 3.63) is 46.1 Å². The number of rotatable bonds is 5. The van der Waals surface area contributed by atoms with Gasteiger partial charge in [-0.15, -0.1) is 0 Å². The van der Waals surface area contributed by atoms with Gasteiger partial charge in [-0.1, -0.05) is 55.9 Å². The first kappa shape index (κ1) is 19.6. The van der Waals surface area contributed by atoms with Gasteiger partial charge in [-0.05, 0) is 124 Å². The van der Waals surface area contributed by atoms with E-state index in [0.717, 1.165) is 17.8 Å². The third kappa shape index (κ3) is 2.99. The molecule has 0 heterocycles. The molecule has 6 rings (SSSR count). The van der Waals surface area contributed by atoms with Crippen LogP contribution in [0.5, 0.6) is 0 Å². The fraction of sp³-hybridized carbons (Fsp3) is 0.733. The third-order valence-electron chi connectivity index (χ3n) is 10.1. The molecular weight excluding hydrogens is 360 g/mol. The lowest BCUT2D eigenvalue weighted by atomic mass is 9.47. The Morgan fingerprint density at radius 2 is 1.30 bits per heavy atom. The van der Waals surface area contributed by atoms with Crippen LogP contribution in [0.2, 0.25) is 0 Å². The molecule has 2 saturated carbocycles. The summed E-state index contributed by atoms with van der Waals surface area (Å²) in [5.74, 6) is 2.89. The highest BCUT2D eigenvalue weighted by Gasteiger charge is 2.56. The van der Waals surface area contributed by atoms with E-state index >= 15 is 0 Å². The second kappa shape index (κ2) is 8.14. The summed E-state index contributed by atoms with van der Waals surface area (Å²) < 4.78 is 0. The monoisotopic (exact) mass is 402 g/mol. The van der Waals surface area contributed by atoms with Crippen LogP contribution in [-0.2, 0) is 0 Å². The first-order chi connectivity index (χ1) is 14.9. The maximum Gasteiger partial charge on any atom is 0.0226 e. The van der Waals surface area contributed by atoms with Crippen molar-refractivity contribution < 1.29 is 0 Å². The van der Waals surface area contributed by atoms with Crippen LogP contribution in [0.25, 0.3) is 0 Å². The van der Waals surface area contributed by atoms with Gasteiger partial charge in [0.05, 0.1) is 0 Å². The van der Waals surface area contributed by atoms with Gasteiger partial charge in [-0.2, -0.15) is 0 Å². The van der Waals surface area contributed by atoms with E-state index in [0.29, 0.717) is 5.41 Å². The van der Waals surface area contributed by atoms with Crippen LogP contribution in [0.3, 0.4) is 0 Å². The third-order valence-corrected chi connectivity index (χ3v) is 10.1. The van der Waals surface area contributed by atoms with E-state index in [2.05, 4.69) is 18.2 Å². The lowest BCUT2D eigenvalue weighted by Crippen LogP contribution is -2.48. The Bertz CT molecular complexity index is 792. The van der Waals surface area contributed by atoms with Crippen LogP contribution in [0.15, 0.2) is 46.1 Å². The van der Waals surface area contributed by atoms with Crippen LogP contribution in [0.1, 0.15) is 116 Å². The highest BCUT2D eigenvalue weighted by Crippen LogP contribution is 2.67. The molecule has 0 aliphatic heterocycles. The molecule has 0 spiro atoms. The van der Waals surface area contributed by atoms with E-state index in [1.807, 2.05) is 22.3 Å². The normalized spacial score (nSPS) is 35.6. The molecule has 0 aromatic rings. The summed E-state index contributed by atoms with van der Waals surface area (Å²) in [6.45, 7) is 0. The van der Waals surface area contributed by atoms with Gasteiger partial charge in [0.15, 0.2) is 0 Å². The van der Waals surface area contributed by atoms with Crippen molar-refractivity contribution in [3.63, 3.8) is 0 Å². The molecule has 0 N–H and O–H groups in total. The quantitative estimate of drug-likeness (QED) is 0.402. The molecular formula is C30H42. The Hall–Kier alpha value is -1.04. The molecule has 2 fully saturated rings. The Labute approximate surface area is 185 Å². The topological polar surface area (TPSA) is 0 Å². The van der Waals surface area contributed by atoms with E-state index in [9.17, 15) is 0 Å². The number of hydrogen-bond donors (Lipinski definition) is 0. The lowest BCUT2D eigenvalue weighted by molar-refractivity contribution is 0.0477. The molecule has 6 aliphatic rings. The van der Waals surface area contributed by atoms with Crippen molar-refractivity contribution in [1.82, 2.24) is 0 Å². The van der Waals surface area contributed by atoms with Gasteiger partial charge in [-0.25, -0.2) is 0 Å². The summed E-state index contributed by atoms with van der Waals surface area (Å²) in [6, 6.07) is 0. The summed E-state index contributed by atoms with van der Waals surface area (Å²) in [6.07, 6.45) is 33.9. The zero-order chi connectivity index (χ0) is 20.0. The van der Waals surface area contributed by atoms with E-state index < -0.39 is 0 Å². The molecule has 2 atom stereocenters. The van der Waals surface area contributed by atoms with Crippen molar-refractivity contribution in [2.45, 2.75) is 116 Å². The van der Waals surface area contributed by atoms with Crippen molar-refractivity contribution >= 4 is 0 Å². The van der Waals surface area contributed by atoms with Crippen LogP contribution < -0.4 is 0 Å². The lowest BCUT2D eigenvalue weighted by Gasteiger charge is -2.57. The van der Waals surface area contributed by atoms with Crippen LogP contribution in [0, 0.1) is 23.2 Å². The molecule has 162 valence electrons. The second-order valence-corrected chi connectivity index (χ2v) is 11.4. The smallest absolute Gasteiger partial charge is 0.0226 e. The molecule has 0 amide bonds. The van der Waals surface area contributed by atoms with Crippen LogP contribution in [0.4, 0.5) is 0 Å². The fourth-order valence-corrected chi connectivity index (χ4v) is 8.76. The molecule has 0 aromatic carbocycles. The van der Waals surface area contributed by atoms with Gasteiger partial charge in [-0.3, -0.25) is 0 Å². The van der Waals surface area contributed by atoms with Crippen molar-refractivity contribution in [2.24, 2.45) is 23.2 Å². The molecule has 0 nitrogen and oxygen atoms in total.